The summed E-state index contributed by atoms with van der Waals surface area (Å²) in [5, 5.41) is 0.146. The second-order valence-corrected chi connectivity index (χ2v) is 5.37. The summed E-state index contributed by atoms with van der Waals surface area (Å²) >= 11 is 0. The Balaban J connectivity index is 3.99. The first-order valence-electron chi connectivity index (χ1n) is 4.92. The predicted octanol–water partition coefficient (Wildman–Crippen LogP) is 2.15. The van der Waals surface area contributed by atoms with Gasteiger partial charge in [0.15, 0.2) is 0 Å². The number of hydrogen-bond acceptors (Lipinski definition) is 2. The summed E-state index contributed by atoms with van der Waals surface area (Å²) in [6.45, 7) is 7.81. The number of carbonyl (C=O) groups is 1. The van der Waals surface area contributed by atoms with Gasteiger partial charge < -0.3 is 0 Å². The highest BCUT2D eigenvalue weighted by molar-refractivity contribution is 7.86. The van der Waals surface area contributed by atoms with Crippen LogP contribution in [0.2, 0.25) is 0 Å². The van der Waals surface area contributed by atoms with E-state index in [1.54, 1.807) is 0 Å². The van der Waals surface area contributed by atoms with Crippen LogP contribution in [-0.2, 0) is 15.6 Å². The van der Waals surface area contributed by atoms with Crippen LogP contribution in [0.25, 0.3) is 0 Å². The van der Waals surface area contributed by atoms with Crippen molar-refractivity contribution < 1.29 is 9.00 Å². The van der Waals surface area contributed by atoms with Gasteiger partial charge in [0, 0.05) is 22.0 Å². The molecule has 3 heteroatoms. The van der Waals surface area contributed by atoms with Gasteiger partial charge in [0.25, 0.3) is 0 Å². The van der Waals surface area contributed by atoms with E-state index in [1.165, 1.54) is 0 Å². The van der Waals surface area contributed by atoms with Crippen LogP contribution >= 0.6 is 0 Å². The molecule has 0 saturated heterocycles. The molecule has 0 fully saturated rings. The average molecular weight is 204 g/mol. The lowest BCUT2D eigenvalue weighted by molar-refractivity contribution is -0.119. The largest absolute Gasteiger partial charge is 0.298 e. The third-order valence-corrected chi connectivity index (χ3v) is 4.27. The molecule has 0 amide bonds. The molecule has 0 spiro atoms. The van der Waals surface area contributed by atoms with Gasteiger partial charge >= 0.3 is 0 Å². The second kappa shape index (κ2) is 6.30. The van der Waals surface area contributed by atoms with Gasteiger partial charge in [-0.2, -0.15) is 0 Å². The summed E-state index contributed by atoms with van der Waals surface area (Å²) in [7, 11) is -0.967. The van der Waals surface area contributed by atoms with Gasteiger partial charge in [-0.25, -0.2) is 0 Å². The Kier molecular flexibility index (Phi) is 6.21. The maximum atomic E-state index is 11.5. The van der Waals surface area contributed by atoms with Gasteiger partial charge in [-0.1, -0.05) is 27.7 Å². The van der Waals surface area contributed by atoms with Gasteiger partial charge in [0.2, 0.25) is 0 Å². The van der Waals surface area contributed by atoms with Gasteiger partial charge in [0.1, 0.15) is 5.78 Å². The minimum atomic E-state index is -0.967. The number of Topliss-reactive ketones (excluding diaryl/α,β-unsaturated/α-hetero) is 1. The molecule has 0 radical (unpaired) electrons. The Morgan fingerprint density at radius 1 is 1.23 bits per heavy atom. The van der Waals surface area contributed by atoms with Crippen molar-refractivity contribution in [1.29, 1.82) is 0 Å². The van der Waals surface area contributed by atoms with Crippen molar-refractivity contribution in [2.24, 2.45) is 5.92 Å². The Morgan fingerprint density at radius 3 is 2.15 bits per heavy atom. The van der Waals surface area contributed by atoms with Gasteiger partial charge in [-0.05, 0) is 12.8 Å². The fourth-order valence-electron chi connectivity index (χ4n) is 0.838. The molecule has 0 aliphatic heterocycles. The Hall–Kier alpha value is -0.180. The zero-order valence-corrected chi connectivity index (χ0v) is 9.82. The molecule has 0 aliphatic rings. The van der Waals surface area contributed by atoms with Crippen molar-refractivity contribution in [3.05, 3.63) is 0 Å². The second-order valence-electron chi connectivity index (χ2n) is 3.52. The first-order chi connectivity index (χ1) is 6.02. The topological polar surface area (TPSA) is 34.1 Å². The third kappa shape index (κ3) is 4.55. The van der Waals surface area contributed by atoms with E-state index >= 15 is 0 Å². The van der Waals surface area contributed by atoms with Gasteiger partial charge in [-0.15, -0.1) is 0 Å². The quantitative estimate of drug-likeness (QED) is 0.664. The van der Waals surface area contributed by atoms with Crippen molar-refractivity contribution in [3.8, 4) is 0 Å². The van der Waals surface area contributed by atoms with Crippen LogP contribution in [0, 0.1) is 5.92 Å². The van der Waals surface area contributed by atoms with Crippen LogP contribution in [0.3, 0.4) is 0 Å². The highest BCUT2D eigenvalue weighted by Gasteiger charge is 2.17. The van der Waals surface area contributed by atoms with E-state index in [1.807, 2.05) is 27.7 Å². The molecule has 3 unspecified atom stereocenters. The highest BCUT2D eigenvalue weighted by atomic mass is 32.2. The molecule has 0 N–H and O–H groups in total. The summed E-state index contributed by atoms with van der Waals surface area (Å²) < 4.78 is 11.5. The molecule has 0 heterocycles. The lowest BCUT2D eigenvalue weighted by atomic mass is 10.1. The number of hydrogen-bond donors (Lipinski definition) is 0. The molecular formula is C10H20O2S. The highest BCUT2D eigenvalue weighted by Crippen LogP contribution is 2.07. The maximum Gasteiger partial charge on any atom is 0.148 e. The zero-order valence-electron chi connectivity index (χ0n) is 9.00. The van der Waals surface area contributed by atoms with E-state index < -0.39 is 10.8 Å². The van der Waals surface area contributed by atoms with Crippen molar-refractivity contribution >= 4 is 16.6 Å². The Morgan fingerprint density at radius 2 is 1.77 bits per heavy atom. The van der Waals surface area contributed by atoms with Gasteiger partial charge in [0.05, 0.1) is 5.75 Å². The monoisotopic (exact) mass is 204 g/mol. The predicted molar refractivity (Wildman–Crippen MR) is 57.2 cm³/mol. The number of rotatable bonds is 6. The molecule has 0 bridgehead atoms. The minimum Gasteiger partial charge on any atom is -0.298 e. The third-order valence-electron chi connectivity index (χ3n) is 2.47. The smallest absolute Gasteiger partial charge is 0.148 e. The van der Waals surface area contributed by atoms with Crippen molar-refractivity contribution in [2.45, 2.75) is 45.8 Å². The van der Waals surface area contributed by atoms with Crippen LogP contribution < -0.4 is 0 Å². The molecule has 2 nitrogen and oxygen atoms in total. The minimum absolute atomic E-state index is 0.0630. The molecule has 13 heavy (non-hydrogen) atoms. The van der Waals surface area contributed by atoms with Gasteiger partial charge in [-0.3, -0.25) is 9.00 Å². The SMILES string of the molecule is CCC(C)C(=O)CS(=O)C(C)CC. The standard InChI is InChI=1S/C10H20O2S/c1-5-8(3)10(11)7-13(12)9(4)6-2/h8-9H,5-7H2,1-4H3. The first-order valence-corrected chi connectivity index (χ1v) is 6.30. The molecule has 0 aromatic rings. The van der Waals surface area contributed by atoms with E-state index in [-0.39, 0.29) is 22.7 Å². The molecule has 0 aliphatic carbocycles. The Bertz CT molecular complexity index is 169. The fraction of sp³-hybridized carbons (Fsp3) is 0.900. The van der Waals surface area contributed by atoms with Crippen molar-refractivity contribution in [3.63, 3.8) is 0 Å². The van der Waals surface area contributed by atoms with Crippen LogP contribution in [0.15, 0.2) is 0 Å². The molecule has 78 valence electrons. The van der Waals surface area contributed by atoms with E-state index in [0.29, 0.717) is 0 Å². The van der Waals surface area contributed by atoms with E-state index in [0.717, 1.165) is 12.8 Å². The van der Waals surface area contributed by atoms with Crippen LogP contribution in [-0.4, -0.2) is 21.0 Å². The number of carbonyl (C=O) groups excluding carboxylic acids is 1. The normalized spacial score (nSPS) is 17.8. The summed E-state index contributed by atoms with van der Waals surface area (Å²) in [6, 6.07) is 0. The van der Waals surface area contributed by atoms with Crippen molar-refractivity contribution in [2.75, 3.05) is 5.75 Å². The van der Waals surface area contributed by atoms with Crippen LogP contribution in [0.1, 0.15) is 40.5 Å². The van der Waals surface area contributed by atoms with E-state index in [9.17, 15) is 9.00 Å². The molecule has 0 saturated carbocycles. The lowest BCUT2D eigenvalue weighted by Crippen LogP contribution is -2.23. The summed E-state index contributed by atoms with van der Waals surface area (Å²) in [6.07, 6.45) is 1.72. The Labute approximate surface area is 83.6 Å². The summed E-state index contributed by atoms with van der Waals surface area (Å²) in [5.41, 5.74) is 0. The summed E-state index contributed by atoms with van der Waals surface area (Å²) in [5.74, 6) is 0.443. The fourth-order valence-corrected chi connectivity index (χ4v) is 2.06. The lowest BCUT2D eigenvalue weighted by Gasteiger charge is -2.10. The molecule has 3 atom stereocenters. The van der Waals surface area contributed by atoms with Crippen LogP contribution in [0.4, 0.5) is 0 Å². The van der Waals surface area contributed by atoms with E-state index in [4.69, 9.17) is 0 Å². The zero-order chi connectivity index (χ0) is 10.4. The maximum absolute atomic E-state index is 11.5. The van der Waals surface area contributed by atoms with E-state index in [2.05, 4.69) is 0 Å². The number of ketones is 1. The van der Waals surface area contributed by atoms with Crippen LogP contribution in [0.5, 0.6) is 0 Å². The van der Waals surface area contributed by atoms with Crippen molar-refractivity contribution in [1.82, 2.24) is 0 Å². The molecule has 0 rings (SSSR count). The molecule has 0 aromatic heterocycles. The molecule has 0 aromatic carbocycles. The average Bonchev–Trinajstić information content (AvgIpc) is 2.14. The molecular weight excluding hydrogens is 184 g/mol. The summed E-state index contributed by atoms with van der Waals surface area (Å²) in [4.78, 5) is 11.4. The first kappa shape index (κ1) is 12.8.